The highest BCUT2D eigenvalue weighted by molar-refractivity contribution is 5.94. The van der Waals surface area contributed by atoms with Gasteiger partial charge in [-0.25, -0.2) is 0 Å². The molecular weight excluding hydrogens is 292 g/mol. The summed E-state index contributed by atoms with van der Waals surface area (Å²) in [5.41, 5.74) is 1.14. The molecule has 0 radical (unpaired) electrons. The highest BCUT2D eigenvalue weighted by atomic mass is 16.3. The maximum absolute atomic E-state index is 12.1. The lowest BCUT2D eigenvalue weighted by atomic mass is 10.1. The topological polar surface area (TPSA) is 82.2 Å². The van der Waals surface area contributed by atoms with Crippen LogP contribution in [0.5, 0.6) is 0 Å². The fourth-order valence-corrected chi connectivity index (χ4v) is 2.37. The molecule has 0 saturated heterocycles. The summed E-state index contributed by atoms with van der Waals surface area (Å²) in [7, 11) is 0. The molecule has 3 N–H and O–H groups in total. The van der Waals surface area contributed by atoms with Crippen LogP contribution in [0.3, 0.4) is 0 Å². The molecule has 122 valence electrons. The standard InChI is InChI=1S/C18H22N2O3/c1-12(2)10-14(21)11-19-17(22)15-8-9-16(20-18(15)23)13-6-4-3-5-7-13/h3-9,12,14,21H,10-11H2,1-2H3,(H,19,22)(H,20,23). The first-order valence-corrected chi connectivity index (χ1v) is 7.72. The summed E-state index contributed by atoms with van der Waals surface area (Å²) in [5.74, 6) is -0.135. The quantitative estimate of drug-likeness (QED) is 0.764. The van der Waals surface area contributed by atoms with Gasteiger partial charge in [-0.05, 0) is 30.0 Å². The third-order valence-electron chi connectivity index (χ3n) is 3.48. The molecule has 0 saturated carbocycles. The summed E-state index contributed by atoms with van der Waals surface area (Å²) in [4.78, 5) is 26.9. The van der Waals surface area contributed by atoms with Crippen molar-refractivity contribution in [3.8, 4) is 11.3 Å². The molecule has 0 spiro atoms. The number of nitrogens with one attached hydrogen (secondary N) is 2. The molecule has 2 aromatic rings. The van der Waals surface area contributed by atoms with E-state index in [1.165, 1.54) is 6.07 Å². The number of H-pyrrole nitrogens is 1. The molecule has 0 bridgehead atoms. The second-order valence-corrected chi connectivity index (χ2v) is 5.97. The smallest absolute Gasteiger partial charge is 0.261 e. The first-order valence-electron chi connectivity index (χ1n) is 7.72. The lowest BCUT2D eigenvalue weighted by Gasteiger charge is -2.13. The second-order valence-electron chi connectivity index (χ2n) is 5.97. The minimum Gasteiger partial charge on any atom is -0.391 e. The Balaban J connectivity index is 2.06. The SMILES string of the molecule is CC(C)CC(O)CNC(=O)c1ccc(-c2ccccc2)[nH]c1=O. The number of rotatable bonds is 6. The van der Waals surface area contributed by atoms with Crippen LogP contribution < -0.4 is 10.9 Å². The molecule has 1 heterocycles. The Kier molecular flexibility index (Phi) is 5.71. The number of pyridine rings is 1. The second kappa shape index (κ2) is 7.74. The van der Waals surface area contributed by atoms with Crippen molar-refractivity contribution in [1.29, 1.82) is 0 Å². The number of carbonyl (C=O) groups excluding carboxylic acids is 1. The number of aromatic amines is 1. The van der Waals surface area contributed by atoms with Gasteiger partial charge in [0.05, 0.1) is 6.10 Å². The van der Waals surface area contributed by atoms with Crippen LogP contribution >= 0.6 is 0 Å². The lowest BCUT2D eigenvalue weighted by Crippen LogP contribution is -2.35. The van der Waals surface area contributed by atoms with E-state index in [-0.39, 0.29) is 12.1 Å². The Labute approximate surface area is 135 Å². The van der Waals surface area contributed by atoms with E-state index in [2.05, 4.69) is 10.3 Å². The van der Waals surface area contributed by atoms with Crippen molar-refractivity contribution in [2.45, 2.75) is 26.4 Å². The molecule has 1 aromatic heterocycles. The van der Waals surface area contributed by atoms with E-state index in [1.807, 2.05) is 44.2 Å². The fourth-order valence-electron chi connectivity index (χ4n) is 2.37. The van der Waals surface area contributed by atoms with Gasteiger partial charge in [-0.2, -0.15) is 0 Å². The highest BCUT2D eigenvalue weighted by Gasteiger charge is 2.13. The molecule has 0 aliphatic heterocycles. The molecule has 5 nitrogen and oxygen atoms in total. The zero-order chi connectivity index (χ0) is 16.8. The Hall–Kier alpha value is -2.40. The van der Waals surface area contributed by atoms with Gasteiger partial charge < -0.3 is 15.4 Å². The van der Waals surface area contributed by atoms with Gasteiger partial charge in [-0.1, -0.05) is 44.2 Å². The number of carbonyl (C=O) groups is 1. The van der Waals surface area contributed by atoms with E-state index in [9.17, 15) is 14.7 Å². The Bertz CT molecular complexity index is 708. The van der Waals surface area contributed by atoms with E-state index in [1.54, 1.807) is 6.07 Å². The van der Waals surface area contributed by atoms with Crippen LogP contribution in [-0.2, 0) is 0 Å². The highest BCUT2D eigenvalue weighted by Crippen LogP contribution is 2.14. The normalized spacial score (nSPS) is 12.2. The number of hydrogen-bond donors (Lipinski definition) is 3. The molecule has 1 unspecified atom stereocenters. The van der Waals surface area contributed by atoms with E-state index in [4.69, 9.17) is 0 Å². The molecule has 0 aliphatic carbocycles. The van der Waals surface area contributed by atoms with Crippen LogP contribution in [0.4, 0.5) is 0 Å². The number of aromatic nitrogens is 1. The summed E-state index contributed by atoms with van der Waals surface area (Å²) in [5, 5.41) is 12.4. The van der Waals surface area contributed by atoms with Crippen molar-refractivity contribution >= 4 is 5.91 Å². The van der Waals surface area contributed by atoms with E-state index < -0.39 is 17.6 Å². The number of hydrogen-bond acceptors (Lipinski definition) is 3. The van der Waals surface area contributed by atoms with Crippen molar-refractivity contribution in [3.63, 3.8) is 0 Å². The predicted octanol–water partition coefficient (Wildman–Crippen LogP) is 2.18. The van der Waals surface area contributed by atoms with Gasteiger partial charge >= 0.3 is 0 Å². The maximum Gasteiger partial charge on any atom is 0.261 e. The molecule has 1 amide bonds. The number of aliphatic hydroxyl groups excluding tert-OH is 1. The van der Waals surface area contributed by atoms with Crippen molar-refractivity contribution in [3.05, 3.63) is 58.4 Å². The zero-order valence-electron chi connectivity index (χ0n) is 13.4. The minimum atomic E-state index is -0.610. The van der Waals surface area contributed by atoms with Crippen LogP contribution in [0.25, 0.3) is 11.3 Å². The largest absolute Gasteiger partial charge is 0.391 e. The van der Waals surface area contributed by atoms with Gasteiger partial charge in [-0.15, -0.1) is 0 Å². The van der Waals surface area contributed by atoms with E-state index in [0.29, 0.717) is 18.0 Å². The molecule has 0 fully saturated rings. The van der Waals surface area contributed by atoms with Crippen molar-refractivity contribution < 1.29 is 9.90 Å². The predicted molar refractivity (Wildman–Crippen MR) is 90.3 cm³/mol. The van der Waals surface area contributed by atoms with E-state index >= 15 is 0 Å². The average Bonchev–Trinajstić information content (AvgIpc) is 2.52. The number of amides is 1. The van der Waals surface area contributed by atoms with Crippen LogP contribution in [-0.4, -0.2) is 28.6 Å². The minimum absolute atomic E-state index is 0.0430. The Morgan fingerprint density at radius 3 is 2.48 bits per heavy atom. The summed E-state index contributed by atoms with van der Waals surface area (Å²) in [6.07, 6.45) is -0.00883. The third kappa shape index (κ3) is 4.79. The average molecular weight is 314 g/mol. The van der Waals surface area contributed by atoms with Crippen LogP contribution in [0.1, 0.15) is 30.6 Å². The van der Waals surface area contributed by atoms with Gasteiger partial charge in [0.15, 0.2) is 0 Å². The monoisotopic (exact) mass is 314 g/mol. The van der Waals surface area contributed by atoms with Gasteiger partial charge in [0.1, 0.15) is 5.56 Å². The first kappa shape index (κ1) is 17.0. The molecule has 0 aliphatic rings. The summed E-state index contributed by atoms with van der Waals surface area (Å²) < 4.78 is 0. The van der Waals surface area contributed by atoms with Crippen molar-refractivity contribution in [2.24, 2.45) is 5.92 Å². The fraction of sp³-hybridized carbons (Fsp3) is 0.333. The van der Waals surface area contributed by atoms with Crippen LogP contribution in [0.15, 0.2) is 47.3 Å². The molecule has 2 rings (SSSR count). The van der Waals surface area contributed by atoms with Gasteiger partial charge in [-0.3, -0.25) is 9.59 Å². The van der Waals surface area contributed by atoms with Gasteiger partial charge in [0.25, 0.3) is 11.5 Å². The Morgan fingerprint density at radius 1 is 1.17 bits per heavy atom. The molecule has 5 heteroatoms. The van der Waals surface area contributed by atoms with Crippen LogP contribution in [0, 0.1) is 5.92 Å². The lowest BCUT2D eigenvalue weighted by molar-refractivity contribution is 0.0899. The van der Waals surface area contributed by atoms with Crippen LogP contribution in [0.2, 0.25) is 0 Å². The summed E-state index contributed by atoms with van der Waals surface area (Å²) in [6, 6.07) is 12.6. The Morgan fingerprint density at radius 2 is 1.87 bits per heavy atom. The zero-order valence-corrected chi connectivity index (χ0v) is 13.4. The number of aliphatic hydroxyl groups is 1. The first-order chi connectivity index (χ1) is 11.0. The van der Waals surface area contributed by atoms with Gasteiger partial charge in [0, 0.05) is 12.2 Å². The summed E-state index contributed by atoms with van der Waals surface area (Å²) in [6.45, 7) is 4.13. The maximum atomic E-state index is 12.1. The summed E-state index contributed by atoms with van der Waals surface area (Å²) >= 11 is 0. The van der Waals surface area contributed by atoms with Gasteiger partial charge in [0.2, 0.25) is 0 Å². The molecule has 23 heavy (non-hydrogen) atoms. The molecule has 1 aromatic carbocycles. The van der Waals surface area contributed by atoms with Crippen molar-refractivity contribution in [2.75, 3.05) is 6.54 Å². The number of benzene rings is 1. The molecular formula is C18H22N2O3. The molecule has 1 atom stereocenters. The van der Waals surface area contributed by atoms with E-state index in [0.717, 1.165) is 5.56 Å². The van der Waals surface area contributed by atoms with Crippen molar-refractivity contribution in [1.82, 2.24) is 10.3 Å². The third-order valence-corrected chi connectivity index (χ3v) is 3.48.